The number of nitrogens with zero attached hydrogens (tertiary/aromatic N) is 2. The van der Waals surface area contributed by atoms with E-state index in [2.05, 4.69) is 11.8 Å². The van der Waals surface area contributed by atoms with Gasteiger partial charge < -0.3 is 18.9 Å². The molecular weight excluding hydrogens is 375 g/mol. The summed E-state index contributed by atoms with van der Waals surface area (Å²) in [5, 5.41) is 0.230. The van der Waals surface area contributed by atoms with E-state index in [1.54, 1.807) is 13.1 Å². The van der Waals surface area contributed by atoms with Gasteiger partial charge in [0.2, 0.25) is 5.43 Å². The van der Waals surface area contributed by atoms with Crippen LogP contribution in [0.4, 0.5) is 10.1 Å². The Hall–Kier alpha value is -2.41. The van der Waals surface area contributed by atoms with Crippen LogP contribution in [-0.2, 0) is 16.1 Å². The molecule has 154 valence electrons. The van der Waals surface area contributed by atoms with Crippen molar-refractivity contribution in [3.8, 4) is 0 Å². The van der Waals surface area contributed by atoms with Crippen molar-refractivity contribution in [2.24, 2.45) is 5.92 Å². The van der Waals surface area contributed by atoms with E-state index in [4.69, 9.17) is 9.47 Å². The lowest BCUT2D eigenvalue weighted by atomic mass is 10.0. The van der Waals surface area contributed by atoms with E-state index >= 15 is 4.39 Å². The quantitative estimate of drug-likeness (QED) is 0.739. The van der Waals surface area contributed by atoms with Gasteiger partial charge in [0.15, 0.2) is 0 Å². The van der Waals surface area contributed by atoms with Gasteiger partial charge in [-0.25, -0.2) is 9.18 Å². The first kappa shape index (κ1) is 18.6. The minimum atomic E-state index is -0.658. The molecule has 1 saturated heterocycles. The van der Waals surface area contributed by atoms with Crippen molar-refractivity contribution in [1.29, 1.82) is 0 Å². The molecule has 2 fully saturated rings. The second-order valence-corrected chi connectivity index (χ2v) is 8.47. The normalized spacial score (nSPS) is 23.6. The Kier molecular flexibility index (Phi) is 4.38. The Labute approximate surface area is 168 Å². The van der Waals surface area contributed by atoms with Crippen LogP contribution in [0.1, 0.15) is 55.1 Å². The van der Waals surface area contributed by atoms with Crippen LogP contribution in [-0.4, -0.2) is 36.3 Å². The number of hydrogen-bond donors (Lipinski definition) is 0. The molecule has 7 heteroatoms. The van der Waals surface area contributed by atoms with Crippen LogP contribution in [0.5, 0.6) is 0 Å². The molecule has 0 unspecified atom stereocenters. The average Bonchev–Trinajstić information content (AvgIpc) is 3.47. The van der Waals surface area contributed by atoms with Gasteiger partial charge in [0, 0.05) is 29.7 Å². The van der Waals surface area contributed by atoms with Crippen molar-refractivity contribution in [1.82, 2.24) is 4.57 Å². The number of carbonyl (C=O) groups excluding carboxylic acids is 1. The molecule has 0 N–H and O–H groups in total. The number of ether oxygens (including phenoxy) is 2. The highest BCUT2D eigenvalue weighted by molar-refractivity contribution is 5.96. The van der Waals surface area contributed by atoms with Gasteiger partial charge >= 0.3 is 5.97 Å². The number of aromatic nitrogens is 1. The van der Waals surface area contributed by atoms with Crippen LogP contribution in [0.2, 0.25) is 0 Å². The lowest BCUT2D eigenvalue weighted by Gasteiger charge is -2.27. The molecule has 2 atom stereocenters. The van der Waals surface area contributed by atoms with Crippen LogP contribution < -0.4 is 10.3 Å². The molecule has 6 nitrogen and oxygen atoms in total. The Morgan fingerprint density at radius 2 is 2.14 bits per heavy atom. The Bertz CT molecular complexity index is 1060. The molecule has 5 rings (SSSR count). The maximum absolute atomic E-state index is 15.4. The first-order chi connectivity index (χ1) is 14.0. The highest BCUT2D eigenvalue weighted by Gasteiger charge is 2.37. The number of fused-ring (bicyclic) bond motifs is 5. The summed E-state index contributed by atoms with van der Waals surface area (Å²) in [6, 6.07) is 1.67. The predicted octanol–water partition coefficient (Wildman–Crippen LogP) is 3.40. The van der Waals surface area contributed by atoms with Crippen molar-refractivity contribution in [2.75, 3.05) is 24.7 Å². The summed E-state index contributed by atoms with van der Waals surface area (Å²) in [5.74, 6) is -0.618. The highest BCUT2D eigenvalue weighted by atomic mass is 19.1. The van der Waals surface area contributed by atoms with Gasteiger partial charge in [-0.2, -0.15) is 0 Å². The number of rotatable bonds is 3. The van der Waals surface area contributed by atoms with Crippen LogP contribution >= 0.6 is 0 Å². The molecule has 1 aromatic carbocycles. The summed E-state index contributed by atoms with van der Waals surface area (Å²) in [7, 11) is 0. The first-order valence-electron chi connectivity index (χ1n) is 10.4. The van der Waals surface area contributed by atoms with Crippen molar-refractivity contribution in [3.05, 3.63) is 39.4 Å². The number of carbonyl (C=O) groups is 1. The molecule has 3 aliphatic rings. The molecule has 3 heterocycles. The summed E-state index contributed by atoms with van der Waals surface area (Å²) in [5.41, 5.74) is 1.46. The van der Waals surface area contributed by atoms with Crippen LogP contribution in [0.25, 0.3) is 10.9 Å². The van der Waals surface area contributed by atoms with E-state index in [1.807, 2.05) is 4.57 Å². The molecule has 0 bridgehead atoms. The predicted molar refractivity (Wildman–Crippen MR) is 107 cm³/mol. The molecule has 1 saturated carbocycles. The number of benzene rings is 1. The zero-order chi connectivity index (χ0) is 20.3. The van der Waals surface area contributed by atoms with Gasteiger partial charge in [-0.3, -0.25) is 4.79 Å². The molecule has 0 amide bonds. The highest BCUT2D eigenvalue weighted by Crippen LogP contribution is 2.43. The number of esters is 1. The van der Waals surface area contributed by atoms with Crippen molar-refractivity contribution in [3.63, 3.8) is 0 Å². The minimum Gasteiger partial charge on any atom is -0.462 e. The molecule has 0 radical (unpaired) electrons. The minimum absolute atomic E-state index is 0.0344. The molecule has 2 aliphatic heterocycles. The van der Waals surface area contributed by atoms with E-state index in [1.165, 1.54) is 6.07 Å². The number of pyridine rings is 1. The summed E-state index contributed by atoms with van der Waals surface area (Å²) in [4.78, 5) is 27.6. The maximum atomic E-state index is 15.4. The monoisotopic (exact) mass is 400 g/mol. The topological polar surface area (TPSA) is 60.8 Å². The molecule has 1 aromatic heterocycles. The summed E-state index contributed by atoms with van der Waals surface area (Å²) in [6.45, 7) is 5.63. The fourth-order valence-corrected chi connectivity index (χ4v) is 4.88. The smallest absolute Gasteiger partial charge is 0.343 e. The molecular formula is C22H25FN2O4. The number of anilines is 1. The molecule has 2 aromatic rings. The van der Waals surface area contributed by atoms with E-state index in [0.29, 0.717) is 23.7 Å². The fourth-order valence-electron chi connectivity index (χ4n) is 4.88. The van der Waals surface area contributed by atoms with Gasteiger partial charge in [-0.05, 0) is 38.2 Å². The van der Waals surface area contributed by atoms with E-state index in [9.17, 15) is 9.59 Å². The van der Waals surface area contributed by atoms with Crippen molar-refractivity contribution >= 4 is 22.6 Å². The summed E-state index contributed by atoms with van der Waals surface area (Å²) < 4.78 is 28.4. The van der Waals surface area contributed by atoms with Gasteiger partial charge in [-0.1, -0.05) is 6.92 Å². The molecule has 0 spiro atoms. The third-order valence-electron chi connectivity index (χ3n) is 6.24. The second kappa shape index (κ2) is 6.83. The van der Waals surface area contributed by atoms with Gasteiger partial charge in [0.05, 0.1) is 37.1 Å². The lowest BCUT2D eigenvalue weighted by molar-refractivity contribution is 0.0524. The SMILES string of the molecule is CCOC(=O)c1cn(C2CC2)c2c3c(c(F)cc2c1=O)N1C[C@H](C)C[C@H]1COC3. The van der Waals surface area contributed by atoms with Crippen molar-refractivity contribution in [2.45, 2.75) is 51.8 Å². The zero-order valence-electron chi connectivity index (χ0n) is 16.7. The van der Waals surface area contributed by atoms with Gasteiger partial charge in [-0.15, -0.1) is 0 Å². The fraction of sp³-hybridized carbons (Fsp3) is 0.545. The zero-order valence-corrected chi connectivity index (χ0v) is 16.7. The van der Waals surface area contributed by atoms with Gasteiger partial charge in [0.25, 0.3) is 0 Å². The third kappa shape index (κ3) is 2.94. The number of halogens is 1. The average molecular weight is 400 g/mol. The number of hydrogen-bond acceptors (Lipinski definition) is 5. The molecule has 29 heavy (non-hydrogen) atoms. The molecule has 1 aliphatic carbocycles. The van der Waals surface area contributed by atoms with Crippen molar-refractivity contribution < 1.29 is 18.7 Å². The van der Waals surface area contributed by atoms with Crippen LogP contribution in [0.3, 0.4) is 0 Å². The Morgan fingerprint density at radius 3 is 2.86 bits per heavy atom. The lowest BCUT2D eigenvalue weighted by Crippen LogP contribution is -2.32. The van der Waals surface area contributed by atoms with Crippen LogP contribution in [0, 0.1) is 11.7 Å². The summed E-state index contributed by atoms with van der Waals surface area (Å²) in [6.07, 6.45) is 4.51. The Morgan fingerprint density at radius 1 is 1.34 bits per heavy atom. The largest absolute Gasteiger partial charge is 0.462 e. The standard InChI is InChI=1S/C22H25FN2O4/c1-3-29-22(27)16-9-25(13-4-5-13)19-15(21(16)26)7-18(23)20-17(19)11-28-10-14-6-12(2)8-24(14)20/h7,9,12-14H,3-6,8,10-11H2,1-2H3/t12-,14+/m1/s1. The summed E-state index contributed by atoms with van der Waals surface area (Å²) >= 11 is 0. The Balaban J connectivity index is 1.80. The maximum Gasteiger partial charge on any atom is 0.343 e. The van der Waals surface area contributed by atoms with Gasteiger partial charge in [0.1, 0.15) is 11.4 Å². The van der Waals surface area contributed by atoms with Crippen LogP contribution in [0.15, 0.2) is 17.1 Å². The third-order valence-corrected chi connectivity index (χ3v) is 6.24. The second-order valence-electron chi connectivity index (χ2n) is 8.47. The first-order valence-corrected chi connectivity index (χ1v) is 10.4. The van der Waals surface area contributed by atoms with E-state index in [0.717, 1.165) is 31.4 Å². The van der Waals surface area contributed by atoms with E-state index in [-0.39, 0.29) is 36.2 Å². The van der Waals surface area contributed by atoms with E-state index < -0.39 is 17.2 Å².